The Hall–Kier alpha value is -1.99. The smallest absolute Gasteiger partial charge is 0.347 e. The minimum absolute atomic E-state index is 0. The molecule has 0 saturated heterocycles. The van der Waals surface area contributed by atoms with Gasteiger partial charge in [0.05, 0.1) is 10.6 Å². The van der Waals surface area contributed by atoms with Crippen LogP contribution in [0.15, 0.2) is 24.3 Å². The van der Waals surface area contributed by atoms with Gasteiger partial charge in [-0.1, -0.05) is 12.1 Å². The molecular formula is C11H9ClN2O4S. The summed E-state index contributed by atoms with van der Waals surface area (Å²) in [5.41, 5.74) is 0.913. The monoisotopic (exact) mass is 300 g/mol. The van der Waals surface area contributed by atoms with E-state index in [4.69, 9.17) is 5.11 Å². The van der Waals surface area contributed by atoms with Crippen LogP contribution in [0.4, 0.5) is 5.69 Å². The maximum Gasteiger partial charge on any atom is 0.347 e. The molecule has 0 saturated carbocycles. The summed E-state index contributed by atoms with van der Waals surface area (Å²) in [4.78, 5) is 25.3. The van der Waals surface area contributed by atoms with Gasteiger partial charge in [-0.25, -0.2) is 9.78 Å². The highest BCUT2D eigenvalue weighted by Crippen LogP contribution is 2.29. The molecule has 6 nitrogen and oxygen atoms in total. The van der Waals surface area contributed by atoms with Gasteiger partial charge in [-0.2, -0.15) is 0 Å². The number of nitro groups is 1. The van der Waals surface area contributed by atoms with Gasteiger partial charge in [-0.05, 0) is 6.92 Å². The lowest BCUT2D eigenvalue weighted by Gasteiger charge is -1.95. The highest BCUT2D eigenvalue weighted by Gasteiger charge is 2.16. The lowest BCUT2D eigenvalue weighted by Crippen LogP contribution is -1.94. The van der Waals surface area contributed by atoms with E-state index < -0.39 is 10.9 Å². The number of carboxylic acids is 1. The van der Waals surface area contributed by atoms with E-state index in [2.05, 4.69) is 4.98 Å². The second kappa shape index (κ2) is 5.77. The average molecular weight is 301 g/mol. The second-order valence-corrected chi connectivity index (χ2v) is 4.55. The van der Waals surface area contributed by atoms with E-state index in [0.717, 1.165) is 11.3 Å². The van der Waals surface area contributed by atoms with Gasteiger partial charge in [0.1, 0.15) is 9.88 Å². The number of benzene rings is 1. The fourth-order valence-electron chi connectivity index (χ4n) is 1.47. The Morgan fingerprint density at radius 1 is 1.47 bits per heavy atom. The lowest BCUT2D eigenvalue weighted by atomic mass is 10.2. The maximum absolute atomic E-state index is 10.9. The predicted octanol–water partition coefficient (Wildman–Crippen LogP) is 3.15. The number of thiazole rings is 1. The largest absolute Gasteiger partial charge is 0.477 e. The number of rotatable bonds is 3. The Morgan fingerprint density at radius 3 is 2.68 bits per heavy atom. The molecule has 0 aliphatic carbocycles. The highest BCUT2D eigenvalue weighted by molar-refractivity contribution is 7.17. The van der Waals surface area contributed by atoms with Crippen LogP contribution in [-0.2, 0) is 0 Å². The molecule has 0 aliphatic rings. The van der Waals surface area contributed by atoms with Crippen LogP contribution in [0.5, 0.6) is 0 Å². The number of carboxylic acid groups (broad SMARTS) is 1. The minimum atomic E-state index is -1.04. The zero-order valence-electron chi connectivity index (χ0n) is 9.69. The van der Waals surface area contributed by atoms with Crippen LogP contribution in [0.25, 0.3) is 10.6 Å². The Morgan fingerprint density at radius 2 is 2.16 bits per heavy atom. The summed E-state index contributed by atoms with van der Waals surface area (Å²) in [6.45, 7) is 1.60. The lowest BCUT2D eigenvalue weighted by molar-refractivity contribution is -0.384. The summed E-state index contributed by atoms with van der Waals surface area (Å²) in [6.07, 6.45) is 0. The molecule has 0 aliphatic heterocycles. The third kappa shape index (κ3) is 3.07. The predicted molar refractivity (Wildman–Crippen MR) is 73.1 cm³/mol. The van der Waals surface area contributed by atoms with E-state index in [1.807, 2.05) is 0 Å². The zero-order valence-corrected chi connectivity index (χ0v) is 11.3. The Labute approximate surface area is 118 Å². The fourth-order valence-corrected chi connectivity index (χ4v) is 2.37. The molecule has 2 rings (SSSR count). The topological polar surface area (TPSA) is 93.3 Å². The first kappa shape index (κ1) is 15.1. The van der Waals surface area contributed by atoms with E-state index in [1.54, 1.807) is 19.1 Å². The van der Waals surface area contributed by atoms with Crippen molar-refractivity contribution in [2.45, 2.75) is 6.92 Å². The number of nitro benzene ring substituents is 1. The molecule has 0 radical (unpaired) electrons. The van der Waals surface area contributed by atoms with Crippen LogP contribution >= 0.6 is 23.7 Å². The van der Waals surface area contributed by atoms with Crippen LogP contribution in [0.3, 0.4) is 0 Å². The van der Waals surface area contributed by atoms with E-state index in [1.165, 1.54) is 12.1 Å². The van der Waals surface area contributed by atoms with Crippen molar-refractivity contribution in [3.05, 3.63) is 45.0 Å². The molecule has 0 spiro atoms. The van der Waals surface area contributed by atoms with Crippen LogP contribution in [0.1, 0.15) is 15.4 Å². The van der Waals surface area contributed by atoms with E-state index in [-0.39, 0.29) is 23.0 Å². The number of aromatic nitrogens is 1. The molecule has 19 heavy (non-hydrogen) atoms. The summed E-state index contributed by atoms with van der Waals surface area (Å²) >= 11 is 1.01. The molecule has 100 valence electrons. The number of nitrogens with zero attached hydrogens (tertiary/aromatic N) is 2. The number of hydrogen-bond acceptors (Lipinski definition) is 5. The third-order valence-electron chi connectivity index (χ3n) is 2.29. The number of aryl methyl sites for hydroxylation is 1. The molecule has 1 aromatic heterocycles. The zero-order chi connectivity index (χ0) is 13.3. The molecule has 0 bridgehead atoms. The van der Waals surface area contributed by atoms with Gasteiger partial charge >= 0.3 is 5.97 Å². The minimum Gasteiger partial charge on any atom is -0.477 e. The van der Waals surface area contributed by atoms with Crippen molar-refractivity contribution in [1.82, 2.24) is 4.98 Å². The van der Waals surface area contributed by atoms with Gasteiger partial charge in [-0.3, -0.25) is 10.1 Å². The van der Waals surface area contributed by atoms with Gasteiger partial charge in [0.2, 0.25) is 0 Å². The number of carbonyl (C=O) groups is 1. The molecule has 0 amide bonds. The molecule has 1 N–H and O–H groups in total. The van der Waals surface area contributed by atoms with Crippen molar-refractivity contribution in [2.24, 2.45) is 0 Å². The van der Waals surface area contributed by atoms with E-state index in [9.17, 15) is 14.9 Å². The molecule has 0 fully saturated rings. The first-order valence-electron chi connectivity index (χ1n) is 4.94. The molecule has 1 heterocycles. The van der Waals surface area contributed by atoms with Gasteiger partial charge in [0, 0.05) is 17.7 Å². The van der Waals surface area contributed by atoms with Crippen LogP contribution < -0.4 is 0 Å². The second-order valence-electron chi connectivity index (χ2n) is 3.55. The fraction of sp³-hybridized carbons (Fsp3) is 0.0909. The van der Waals surface area contributed by atoms with Crippen molar-refractivity contribution < 1.29 is 14.8 Å². The molecular weight excluding hydrogens is 292 g/mol. The maximum atomic E-state index is 10.9. The molecule has 2 aromatic rings. The average Bonchev–Trinajstić information content (AvgIpc) is 2.71. The Kier molecular flexibility index (Phi) is 4.57. The number of hydrogen-bond donors (Lipinski definition) is 1. The van der Waals surface area contributed by atoms with Crippen molar-refractivity contribution in [1.29, 1.82) is 0 Å². The number of halogens is 1. The molecule has 0 atom stereocenters. The van der Waals surface area contributed by atoms with Crippen molar-refractivity contribution in [2.75, 3.05) is 0 Å². The third-order valence-corrected chi connectivity index (χ3v) is 3.49. The molecule has 0 unspecified atom stereocenters. The van der Waals surface area contributed by atoms with Gasteiger partial charge in [0.25, 0.3) is 5.69 Å². The van der Waals surface area contributed by atoms with Crippen LogP contribution in [-0.4, -0.2) is 21.0 Å². The summed E-state index contributed by atoms with van der Waals surface area (Å²) < 4.78 is 0. The Bertz CT molecular complexity index is 641. The van der Waals surface area contributed by atoms with E-state index in [0.29, 0.717) is 16.3 Å². The van der Waals surface area contributed by atoms with Crippen molar-refractivity contribution in [3.63, 3.8) is 0 Å². The van der Waals surface area contributed by atoms with Crippen LogP contribution in [0, 0.1) is 17.0 Å². The quantitative estimate of drug-likeness (QED) is 0.694. The molecule has 8 heteroatoms. The SMILES string of the molecule is Cc1nc(-c2cccc([N+](=O)[O-])c2)sc1C(=O)O.Cl. The normalized spacial score (nSPS) is 9.74. The van der Waals surface area contributed by atoms with Crippen LogP contribution in [0.2, 0.25) is 0 Å². The van der Waals surface area contributed by atoms with Crippen molar-refractivity contribution in [3.8, 4) is 10.6 Å². The molecule has 1 aromatic carbocycles. The Balaban J connectivity index is 0.00000180. The summed E-state index contributed by atoms with van der Waals surface area (Å²) in [6, 6.07) is 5.97. The first-order chi connectivity index (χ1) is 8.49. The van der Waals surface area contributed by atoms with E-state index >= 15 is 0 Å². The summed E-state index contributed by atoms with van der Waals surface area (Å²) in [5.74, 6) is -1.04. The number of non-ortho nitro benzene ring substituents is 1. The van der Waals surface area contributed by atoms with Gasteiger partial charge < -0.3 is 5.11 Å². The number of aromatic carboxylic acids is 1. The summed E-state index contributed by atoms with van der Waals surface area (Å²) in [5, 5.41) is 20.1. The first-order valence-corrected chi connectivity index (χ1v) is 5.76. The van der Waals surface area contributed by atoms with Gasteiger partial charge in [-0.15, -0.1) is 23.7 Å². The summed E-state index contributed by atoms with van der Waals surface area (Å²) in [7, 11) is 0. The standard InChI is InChI=1S/C11H8N2O4S.ClH/c1-6-9(11(14)15)18-10(12-6)7-3-2-4-8(5-7)13(16)17;/h2-5H,1H3,(H,14,15);1H. The highest BCUT2D eigenvalue weighted by atomic mass is 35.5. The van der Waals surface area contributed by atoms with Gasteiger partial charge in [0.15, 0.2) is 0 Å². The van der Waals surface area contributed by atoms with Crippen molar-refractivity contribution >= 4 is 35.4 Å².